The molecule has 3 nitrogen and oxygen atoms in total. The molecule has 0 aliphatic rings. The van der Waals surface area contributed by atoms with Crippen molar-refractivity contribution >= 4 is 0 Å². The van der Waals surface area contributed by atoms with Gasteiger partial charge in [0.1, 0.15) is 0 Å². The van der Waals surface area contributed by atoms with Gasteiger partial charge in [-0.3, -0.25) is 4.68 Å². The molecule has 0 saturated carbocycles. The van der Waals surface area contributed by atoms with Gasteiger partial charge in [-0.25, -0.2) is 0 Å². The first-order chi connectivity index (χ1) is 5.77. The van der Waals surface area contributed by atoms with Gasteiger partial charge in [-0.2, -0.15) is 5.10 Å². The predicted octanol–water partition coefficient (Wildman–Crippen LogP) is 1.47. The summed E-state index contributed by atoms with van der Waals surface area (Å²) in [5.41, 5.74) is 7.74. The van der Waals surface area contributed by atoms with E-state index >= 15 is 0 Å². The van der Waals surface area contributed by atoms with E-state index in [0.29, 0.717) is 6.54 Å². The number of aromatic nitrogens is 2. The number of hydrogen-bond donors (Lipinski definition) is 1. The average molecular weight is 169 g/mol. The van der Waals surface area contributed by atoms with Crippen molar-refractivity contribution in [1.82, 2.24) is 9.78 Å². The molecule has 1 aromatic rings. The first kappa shape index (κ1) is 11.2. The van der Waals surface area contributed by atoms with E-state index in [9.17, 15) is 0 Å². The van der Waals surface area contributed by atoms with Crippen molar-refractivity contribution in [3.8, 4) is 0 Å². The Kier molecular flexibility index (Phi) is 5.37. The Balaban J connectivity index is 0.000000561. The van der Waals surface area contributed by atoms with Crippen molar-refractivity contribution in [3.05, 3.63) is 17.5 Å². The summed E-state index contributed by atoms with van der Waals surface area (Å²) in [5, 5.41) is 4.19. The predicted molar refractivity (Wildman–Crippen MR) is 51.8 cm³/mol. The molecule has 0 radical (unpaired) electrons. The lowest BCUT2D eigenvalue weighted by atomic mass is 10.2. The van der Waals surface area contributed by atoms with E-state index in [1.54, 1.807) is 4.68 Å². The van der Waals surface area contributed by atoms with E-state index in [1.807, 2.05) is 27.1 Å². The minimum atomic E-state index is 0.546. The Labute approximate surface area is 74.6 Å². The zero-order valence-corrected chi connectivity index (χ0v) is 8.46. The fourth-order valence-electron chi connectivity index (χ4n) is 1.05. The van der Waals surface area contributed by atoms with Crippen LogP contribution in [0.15, 0.2) is 6.20 Å². The third-order valence-corrected chi connectivity index (χ3v) is 1.57. The van der Waals surface area contributed by atoms with Crippen molar-refractivity contribution in [2.24, 2.45) is 12.8 Å². The molecule has 0 bridgehead atoms. The van der Waals surface area contributed by atoms with Crippen LogP contribution in [-0.4, -0.2) is 9.78 Å². The largest absolute Gasteiger partial charge is 0.325 e. The summed E-state index contributed by atoms with van der Waals surface area (Å²) in [6, 6.07) is 0. The zero-order valence-electron chi connectivity index (χ0n) is 8.46. The highest BCUT2D eigenvalue weighted by Crippen LogP contribution is 2.04. The highest BCUT2D eigenvalue weighted by molar-refractivity contribution is 5.16. The first-order valence-electron chi connectivity index (χ1n) is 4.49. The van der Waals surface area contributed by atoms with Crippen LogP contribution in [0.4, 0.5) is 0 Å². The van der Waals surface area contributed by atoms with Gasteiger partial charge < -0.3 is 5.73 Å². The molecular weight excluding hydrogens is 150 g/mol. The van der Waals surface area contributed by atoms with Gasteiger partial charge in [-0.1, -0.05) is 20.8 Å². The van der Waals surface area contributed by atoms with Crippen LogP contribution in [0.3, 0.4) is 0 Å². The van der Waals surface area contributed by atoms with Crippen LogP contribution in [0.5, 0.6) is 0 Å². The highest BCUT2D eigenvalue weighted by Gasteiger charge is 2.01. The minimum Gasteiger partial charge on any atom is -0.325 e. The quantitative estimate of drug-likeness (QED) is 0.728. The molecule has 3 heteroatoms. The normalized spacial score (nSPS) is 9.08. The van der Waals surface area contributed by atoms with E-state index < -0.39 is 0 Å². The summed E-state index contributed by atoms with van der Waals surface area (Å²) < 4.78 is 1.81. The van der Waals surface area contributed by atoms with Gasteiger partial charge in [-0.05, 0) is 12.0 Å². The van der Waals surface area contributed by atoms with Gasteiger partial charge >= 0.3 is 0 Å². The van der Waals surface area contributed by atoms with Gasteiger partial charge in [0.2, 0.25) is 0 Å². The molecule has 1 rings (SSSR count). The smallest absolute Gasteiger partial charge is 0.0791 e. The van der Waals surface area contributed by atoms with Crippen LogP contribution in [0, 0.1) is 0 Å². The molecule has 0 aliphatic carbocycles. The Morgan fingerprint density at radius 2 is 2.08 bits per heavy atom. The van der Waals surface area contributed by atoms with Crippen LogP contribution >= 0.6 is 0 Å². The summed E-state index contributed by atoms with van der Waals surface area (Å²) >= 11 is 0. The summed E-state index contributed by atoms with van der Waals surface area (Å²) in [5.74, 6) is 0. The SMILES string of the molecule is CC.CCc1cn(C)nc1CN. The van der Waals surface area contributed by atoms with E-state index in [0.717, 1.165) is 12.1 Å². The molecule has 0 saturated heterocycles. The molecule has 0 fully saturated rings. The summed E-state index contributed by atoms with van der Waals surface area (Å²) in [7, 11) is 1.92. The minimum absolute atomic E-state index is 0.546. The topological polar surface area (TPSA) is 43.8 Å². The van der Waals surface area contributed by atoms with E-state index in [-0.39, 0.29) is 0 Å². The van der Waals surface area contributed by atoms with Gasteiger partial charge in [0.05, 0.1) is 5.69 Å². The fraction of sp³-hybridized carbons (Fsp3) is 0.667. The number of aryl methyl sites for hydroxylation is 2. The molecule has 0 atom stereocenters. The molecule has 0 unspecified atom stereocenters. The number of hydrogen-bond acceptors (Lipinski definition) is 2. The molecule has 0 aliphatic heterocycles. The maximum atomic E-state index is 5.46. The molecule has 0 spiro atoms. The molecule has 12 heavy (non-hydrogen) atoms. The molecule has 1 aromatic heterocycles. The van der Waals surface area contributed by atoms with Crippen molar-refractivity contribution in [2.45, 2.75) is 33.7 Å². The maximum absolute atomic E-state index is 5.46. The summed E-state index contributed by atoms with van der Waals surface area (Å²) in [6.45, 7) is 6.65. The molecule has 2 N–H and O–H groups in total. The summed E-state index contributed by atoms with van der Waals surface area (Å²) in [6.07, 6.45) is 3.03. The molecule has 1 heterocycles. The van der Waals surface area contributed by atoms with Crippen molar-refractivity contribution in [2.75, 3.05) is 0 Å². The average Bonchev–Trinajstić information content (AvgIpc) is 2.49. The second-order valence-corrected chi connectivity index (χ2v) is 2.33. The lowest BCUT2D eigenvalue weighted by molar-refractivity contribution is 0.742. The van der Waals surface area contributed by atoms with Crippen molar-refractivity contribution in [1.29, 1.82) is 0 Å². The second kappa shape index (κ2) is 5.77. The highest BCUT2D eigenvalue weighted by atomic mass is 15.3. The Morgan fingerprint density at radius 3 is 2.42 bits per heavy atom. The van der Waals surface area contributed by atoms with Gasteiger partial charge in [0.25, 0.3) is 0 Å². The van der Waals surface area contributed by atoms with Crippen LogP contribution in [0.25, 0.3) is 0 Å². The zero-order chi connectivity index (χ0) is 9.56. The van der Waals surface area contributed by atoms with E-state index in [1.165, 1.54) is 5.56 Å². The summed E-state index contributed by atoms with van der Waals surface area (Å²) in [4.78, 5) is 0. The lowest BCUT2D eigenvalue weighted by Crippen LogP contribution is -2.00. The third kappa shape index (κ3) is 2.66. The van der Waals surface area contributed by atoms with Gasteiger partial charge in [-0.15, -0.1) is 0 Å². The van der Waals surface area contributed by atoms with Crippen LogP contribution in [0.2, 0.25) is 0 Å². The van der Waals surface area contributed by atoms with Gasteiger partial charge in [0.15, 0.2) is 0 Å². The standard InChI is InChI=1S/C7H13N3.C2H6/c1-3-6-5-10(2)9-7(6)4-8;1-2/h5H,3-4,8H2,1-2H3;1-2H3. The fourth-order valence-corrected chi connectivity index (χ4v) is 1.05. The Morgan fingerprint density at radius 1 is 1.50 bits per heavy atom. The molecule has 70 valence electrons. The number of rotatable bonds is 2. The monoisotopic (exact) mass is 169 g/mol. The third-order valence-electron chi connectivity index (χ3n) is 1.57. The first-order valence-corrected chi connectivity index (χ1v) is 4.49. The van der Waals surface area contributed by atoms with Gasteiger partial charge in [0, 0.05) is 19.8 Å². The van der Waals surface area contributed by atoms with Crippen LogP contribution in [0.1, 0.15) is 32.0 Å². The maximum Gasteiger partial charge on any atom is 0.0791 e. The second-order valence-electron chi connectivity index (χ2n) is 2.33. The van der Waals surface area contributed by atoms with Crippen LogP contribution < -0.4 is 5.73 Å². The Hall–Kier alpha value is -0.830. The Bertz CT molecular complexity index is 194. The lowest BCUT2D eigenvalue weighted by Gasteiger charge is -1.90. The van der Waals surface area contributed by atoms with Crippen LogP contribution in [-0.2, 0) is 20.0 Å². The number of nitrogens with zero attached hydrogens (tertiary/aromatic N) is 2. The van der Waals surface area contributed by atoms with Crippen molar-refractivity contribution < 1.29 is 0 Å². The molecule has 0 amide bonds. The van der Waals surface area contributed by atoms with Crippen molar-refractivity contribution in [3.63, 3.8) is 0 Å². The van der Waals surface area contributed by atoms with E-state index in [2.05, 4.69) is 12.0 Å². The molecular formula is C9H19N3. The number of nitrogens with two attached hydrogens (primary N) is 1. The van der Waals surface area contributed by atoms with E-state index in [4.69, 9.17) is 5.73 Å². The molecule has 0 aromatic carbocycles.